The molecule has 0 amide bonds. The lowest BCUT2D eigenvalue weighted by atomic mass is 9.66. The lowest BCUT2D eigenvalue weighted by Crippen LogP contribution is -2.38. The Bertz CT molecular complexity index is 1330. The average molecular weight is 643 g/mol. The van der Waals surface area contributed by atoms with Crippen molar-refractivity contribution >= 4 is 11.9 Å². The SMILES string of the molecule is COc1cc([C@@H]2c3cc4c(cc3[C@H](OC(=O)CNCCCNCCCCNCCCN)[C@H]3COC(=O)[C@H]23)OCO4)cc(OC)c1O. The molecule has 0 saturated carbocycles. The van der Waals surface area contributed by atoms with E-state index in [2.05, 4.69) is 16.0 Å². The molecule has 252 valence electrons. The standard InChI is InChI=1S/C33H46N4O9/c1-41-26-13-20(14-27(42-2)31(26)39)29-21-15-24-25(45-19-44-24)16-22(21)32(23-18-43-33(40)30(23)29)46-28(38)17-37-12-6-11-36-9-4-3-8-35-10-5-7-34/h13-16,23,29-30,32,35-37,39H,3-12,17-19,34H2,1-2H3/t23-,29+,30-,32-/m0/s1. The highest BCUT2D eigenvalue weighted by molar-refractivity contribution is 5.79. The quantitative estimate of drug-likeness (QED) is 0.118. The van der Waals surface area contributed by atoms with E-state index in [9.17, 15) is 14.7 Å². The minimum absolute atomic E-state index is 0.0346. The number of benzene rings is 2. The molecule has 1 fully saturated rings. The molecule has 3 aliphatic rings. The number of cyclic esters (lactones) is 1. The number of hydrogen-bond acceptors (Lipinski definition) is 13. The Balaban J connectivity index is 1.23. The van der Waals surface area contributed by atoms with Gasteiger partial charge in [0, 0.05) is 17.4 Å². The largest absolute Gasteiger partial charge is 0.502 e. The van der Waals surface area contributed by atoms with Crippen molar-refractivity contribution in [1.29, 1.82) is 0 Å². The van der Waals surface area contributed by atoms with Gasteiger partial charge in [-0.2, -0.15) is 0 Å². The smallest absolute Gasteiger partial charge is 0.320 e. The zero-order valence-electron chi connectivity index (χ0n) is 26.6. The summed E-state index contributed by atoms with van der Waals surface area (Å²) in [6, 6.07) is 7.03. The Kier molecular flexibility index (Phi) is 11.8. The molecular weight excluding hydrogens is 596 g/mol. The number of ether oxygens (including phenoxy) is 6. The van der Waals surface area contributed by atoms with Crippen LogP contribution >= 0.6 is 0 Å². The summed E-state index contributed by atoms with van der Waals surface area (Å²) in [7, 11) is 2.90. The molecule has 4 atom stereocenters. The van der Waals surface area contributed by atoms with Crippen LogP contribution in [0, 0.1) is 11.8 Å². The Labute approximate surface area is 269 Å². The molecule has 2 aromatic rings. The molecule has 0 bridgehead atoms. The number of hydrogen-bond donors (Lipinski definition) is 5. The summed E-state index contributed by atoms with van der Waals surface area (Å²) < 4.78 is 33.9. The summed E-state index contributed by atoms with van der Waals surface area (Å²) in [4.78, 5) is 26.4. The molecular formula is C33H46N4O9. The Hall–Kier alpha value is -3.78. The van der Waals surface area contributed by atoms with E-state index < -0.39 is 29.8 Å². The zero-order chi connectivity index (χ0) is 32.5. The topological polar surface area (TPSA) is 172 Å². The van der Waals surface area contributed by atoms with Gasteiger partial charge in [-0.1, -0.05) is 0 Å². The van der Waals surface area contributed by atoms with E-state index >= 15 is 0 Å². The molecule has 1 saturated heterocycles. The number of esters is 2. The van der Waals surface area contributed by atoms with Crippen LogP contribution in [-0.4, -0.2) is 90.5 Å². The van der Waals surface area contributed by atoms with Gasteiger partial charge >= 0.3 is 11.9 Å². The van der Waals surface area contributed by atoms with E-state index in [1.165, 1.54) is 14.2 Å². The van der Waals surface area contributed by atoms with Crippen LogP contribution in [0.15, 0.2) is 24.3 Å². The van der Waals surface area contributed by atoms with Crippen molar-refractivity contribution in [3.63, 3.8) is 0 Å². The van der Waals surface area contributed by atoms with Crippen molar-refractivity contribution in [3.05, 3.63) is 41.0 Å². The van der Waals surface area contributed by atoms with Crippen molar-refractivity contribution in [2.75, 3.05) is 73.4 Å². The molecule has 1 aliphatic carbocycles. The minimum atomic E-state index is -0.737. The van der Waals surface area contributed by atoms with Gasteiger partial charge in [-0.25, -0.2) is 0 Å². The first-order chi connectivity index (χ1) is 22.5. The molecule has 2 heterocycles. The summed E-state index contributed by atoms with van der Waals surface area (Å²) in [6.07, 6.45) is 3.35. The molecule has 2 aromatic carbocycles. The molecule has 0 radical (unpaired) electrons. The second kappa shape index (κ2) is 16.2. The molecule has 13 nitrogen and oxygen atoms in total. The van der Waals surface area contributed by atoms with Gasteiger partial charge in [0.15, 0.2) is 23.0 Å². The van der Waals surface area contributed by atoms with Crippen LogP contribution in [0.1, 0.15) is 54.4 Å². The number of unbranched alkanes of at least 4 members (excludes halogenated alkanes) is 1. The summed E-state index contributed by atoms with van der Waals surface area (Å²) in [5.74, 6) is -1.08. The monoisotopic (exact) mass is 642 g/mol. The normalized spacial score (nSPS) is 21.0. The van der Waals surface area contributed by atoms with Gasteiger partial charge in [0.25, 0.3) is 0 Å². The molecule has 0 unspecified atom stereocenters. The lowest BCUT2D eigenvalue weighted by Gasteiger charge is -2.38. The summed E-state index contributed by atoms with van der Waals surface area (Å²) in [5.41, 5.74) is 7.63. The molecule has 0 spiro atoms. The maximum absolute atomic E-state index is 13.3. The van der Waals surface area contributed by atoms with Crippen LogP contribution < -0.4 is 40.6 Å². The van der Waals surface area contributed by atoms with Crippen molar-refractivity contribution < 1.29 is 43.1 Å². The van der Waals surface area contributed by atoms with Crippen molar-refractivity contribution in [2.45, 2.75) is 37.7 Å². The summed E-state index contributed by atoms with van der Waals surface area (Å²) in [6.45, 7) is 5.34. The predicted octanol–water partition coefficient (Wildman–Crippen LogP) is 1.95. The third-order valence-corrected chi connectivity index (χ3v) is 8.73. The number of methoxy groups -OCH3 is 2. The summed E-state index contributed by atoms with van der Waals surface area (Å²) in [5, 5.41) is 20.5. The van der Waals surface area contributed by atoms with Gasteiger partial charge in [0.1, 0.15) is 6.10 Å². The molecule has 2 aliphatic heterocycles. The van der Waals surface area contributed by atoms with E-state index in [1.807, 2.05) is 12.1 Å². The number of aromatic hydroxyl groups is 1. The Morgan fingerprint density at radius 2 is 1.48 bits per heavy atom. The lowest BCUT2D eigenvalue weighted by molar-refractivity contribution is -0.153. The number of phenolic OH excluding ortho intramolecular Hbond substituents is 1. The molecule has 13 heteroatoms. The number of fused-ring (bicyclic) bond motifs is 3. The number of carbonyl (C=O) groups is 2. The highest BCUT2D eigenvalue weighted by Gasteiger charge is 2.54. The average Bonchev–Trinajstić information content (AvgIpc) is 3.68. The van der Waals surface area contributed by atoms with E-state index in [0.717, 1.165) is 57.4 Å². The molecule has 0 aromatic heterocycles. The number of phenols is 1. The second-order valence-corrected chi connectivity index (χ2v) is 11.7. The third kappa shape index (κ3) is 7.60. The summed E-state index contributed by atoms with van der Waals surface area (Å²) >= 11 is 0. The van der Waals surface area contributed by atoms with Gasteiger partial charge in [0.05, 0.1) is 33.3 Å². The van der Waals surface area contributed by atoms with Gasteiger partial charge in [0.2, 0.25) is 12.5 Å². The Morgan fingerprint density at radius 1 is 0.870 bits per heavy atom. The van der Waals surface area contributed by atoms with Gasteiger partial charge in [-0.3, -0.25) is 9.59 Å². The zero-order valence-corrected chi connectivity index (χ0v) is 26.6. The first-order valence-corrected chi connectivity index (χ1v) is 16.0. The van der Waals surface area contributed by atoms with Gasteiger partial charge in [-0.05, 0) is 100 Å². The van der Waals surface area contributed by atoms with Crippen LogP contribution in [0.2, 0.25) is 0 Å². The fourth-order valence-corrected chi connectivity index (χ4v) is 6.45. The van der Waals surface area contributed by atoms with Crippen molar-refractivity contribution in [2.24, 2.45) is 17.6 Å². The van der Waals surface area contributed by atoms with E-state index in [-0.39, 0.29) is 43.2 Å². The number of nitrogens with two attached hydrogens (primary N) is 1. The fraction of sp³-hybridized carbons (Fsp3) is 0.576. The van der Waals surface area contributed by atoms with Gasteiger partial charge < -0.3 is 55.2 Å². The first kappa shape index (κ1) is 33.6. The molecule has 5 rings (SSSR count). The maximum atomic E-state index is 13.3. The highest BCUT2D eigenvalue weighted by Crippen LogP contribution is 2.56. The van der Waals surface area contributed by atoms with Crippen LogP contribution in [0.5, 0.6) is 28.7 Å². The predicted molar refractivity (Wildman–Crippen MR) is 169 cm³/mol. The van der Waals surface area contributed by atoms with E-state index in [4.69, 9.17) is 34.2 Å². The van der Waals surface area contributed by atoms with Gasteiger partial charge in [-0.15, -0.1) is 0 Å². The second-order valence-electron chi connectivity index (χ2n) is 11.7. The number of nitrogens with one attached hydrogen (secondary N) is 3. The first-order valence-electron chi connectivity index (χ1n) is 16.0. The molecule has 46 heavy (non-hydrogen) atoms. The number of rotatable bonds is 18. The third-order valence-electron chi connectivity index (χ3n) is 8.73. The van der Waals surface area contributed by atoms with Crippen molar-refractivity contribution in [1.82, 2.24) is 16.0 Å². The van der Waals surface area contributed by atoms with Crippen LogP contribution in [-0.2, 0) is 19.1 Å². The van der Waals surface area contributed by atoms with Crippen LogP contribution in [0.25, 0.3) is 0 Å². The van der Waals surface area contributed by atoms with Crippen LogP contribution in [0.3, 0.4) is 0 Å². The van der Waals surface area contributed by atoms with E-state index in [0.29, 0.717) is 35.7 Å². The Morgan fingerprint density at radius 3 is 2.13 bits per heavy atom. The fourth-order valence-electron chi connectivity index (χ4n) is 6.45. The molecule has 6 N–H and O–H groups in total. The maximum Gasteiger partial charge on any atom is 0.320 e. The van der Waals surface area contributed by atoms with E-state index in [1.54, 1.807) is 12.1 Å². The minimum Gasteiger partial charge on any atom is -0.502 e. The van der Waals surface area contributed by atoms with Crippen LogP contribution in [0.4, 0.5) is 0 Å². The van der Waals surface area contributed by atoms with Crippen molar-refractivity contribution in [3.8, 4) is 28.7 Å². The number of carbonyl (C=O) groups excluding carboxylic acids is 2. The highest BCUT2D eigenvalue weighted by atomic mass is 16.7.